The molecule has 0 aliphatic rings. The molecule has 0 aliphatic carbocycles. The van der Waals surface area contributed by atoms with Crippen molar-refractivity contribution in [2.24, 2.45) is 0 Å². The first-order valence-electron chi connectivity index (χ1n) is 9.78. The van der Waals surface area contributed by atoms with Gasteiger partial charge in [0.25, 0.3) is 0 Å². The Morgan fingerprint density at radius 2 is 1.90 bits per heavy atom. The topological polar surface area (TPSA) is 60.9 Å². The van der Waals surface area contributed by atoms with Gasteiger partial charge in [0.1, 0.15) is 5.58 Å². The third-order valence-corrected chi connectivity index (χ3v) is 6.09. The lowest BCUT2D eigenvalue weighted by molar-refractivity contribution is 0.559. The van der Waals surface area contributed by atoms with Gasteiger partial charge in [-0.25, -0.2) is 4.79 Å². The van der Waals surface area contributed by atoms with E-state index in [4.69, 9.17) is 4.42 Å². The number of hydrogen-bond acceptors (Lipinski definition) is 5. The average molecular weight is 406 g/mol. The van der Waals surface area contributed by atoms with Gasteiger partial charge in [-0.05, 0) is 43.0 Å². The van der Waals surface area contributed by atoms with Crippen LogP contribution in [0.2, 0.25) is 0 Å². The summed E-state index contributed by atoms with van der Waals surface area (Å²) < 4.78 is 7.54. The predicted molar refractivity (Wildman–Crippen MR) is 117 cm³/mol. The highest BCUT2D eigenvalue weighted by atomic mass is 32.2. The van der Waals surface area contributed by atoms with Crippen molar-refractivity contribution >= 4 is 22.7 Å². The number of aromatic nitrogens is 3. The van der Waals surface area contributed by atoms with Gasteiger partial charge in [-0.1, -0.05) is 55.1 Å². The number of hydrogen-bond donors (Lipinski definition) is 0. The van der Waals surface area contributed by atoms with E-state index >= 15 is 0 Å². The number of aryl methyl sites for hydroxylation is 2. The van der Waals surface area contributed by atoms with E-state index in [2.05, 4.69) is 53.7 Å². The summed E-state index contributed by atoms with van der Waals surface area (Å²) in [7, 11) is 0. The Morgan fingerprint density at radius 1 is 1.07 bits per heavy atom. The Bertz CT molecular complexity index is 1230. The molecule has 0 unspecified atom stereocenters. The number of fused-ring (bicyclic) bond motifs is 1. The number of rotatable bonds is 6. The van der Waals surface area contributed by atoms with Gasteiger partial charge in [-0.15, -0.1) is 10.2 Å². The second kappa shape index (κ2) is 8.25. The monoisotopic (exact) mass is 405 g/mol. The van der Waals surface area contributed by atoms with Crippen LogP contribution in [-0.2, 0) is 18.7 Å². The summed E-state index contributed by atoms with van der Waals surface area (Å²) in [5.74, 6) is 1.50. The first kappa shape index (κ1) is 19.5. The first-order valence-corrected chi connectivity index (χ1v) is 10.8. The number of benzene rings is 2. The van der Waals surface area contributed by atoms with Gasteiger partial charge >= 0.3 is 5.63 Å². The highest BCUT2D eigenvalue weighted by Crippen LogP contribution is 2.30. The number of nitrogens with zero attached hydrogens (tertiary/aromatic N) is 3. The Labute approximate surface area is 173 Å². The second-order valence-electron chi connectivity index (χ2n) is 6.93. The molecular formula is C23H23N3O2S. The van der Waals surface area contributed by atoms with E-state index < -0.39 is 0 Å². The SMILES string of the molecule is CCc1ccc2c(CSc3nnc(-c4ccccc4C)n3CC)cc(=O)oc2c1. The Morgan fingerprint density at radius 3 is 2.66 bits per heavy atom. The van der Waals surface area contributed by atoms with Crippen molar-refractivity contribution in [1.29, 1.82) is 0 Å². The molecule has 6 heteroatoms. The zero-order valence-corrected chi connectivity index (χ0v) is 17.6. The van der Waals surface area contributed by atoms with Crippen LogP contribution in [0.1, 0.15) is 30.5 Å². The zero-order valence-electron chi connectivity index (χ0n) is 16.8. The van der Waals surface area contributed by atoms with E-state index in [1.165, 1.54) is 5.56 Å². The predicted octanol–water partition coefficient (Wildman–Crippen LogP) is 5.23. The lowest BCUT2D eigenvalue weighted by atomic mass is 10.1. The minimum absolute atomic E-state index is 0.320. The molecule has 29 heavy (non-hydrogen) atoms. The fourth-order valence-corrected chi connectivity index (χ4v) is 4.45. The molecule has 2 aromatic heterocycles. The molecule has 0 bridgehead atoms. The summed E-state index contributed by atoms with van der Waals surface area (Å²) in [6, 6.07) is 15.8. The highest BCUT2D eigenvalue weighted by molar-refractivity contribution is 7.98. The maximum absolute atomic E-state index is 12.1. The molecule has 0 spiro atoms. The molecule has 148 valence electrons. The molecular weight excluding hydrogens is 382 g/mol. The maximum Gasteiger partial charge on any atom is 0.336 e. The van der Waals surface area contributed by atoms with Crippen LogP contribution in [0.25, 0.3) is 22.4 Å². The quantitative estimate of drug-likeness (QED) is 0.324. The molecule has 0 aliphatic heterocycles. The van der Waals surface area contributed by atoms with Crippen molar-refractivity contribution in [2.45, 2.75) is 44.6 Å². The van der Waals surface area contributed by atoms with Gasteiger partial charge in [0.2, 0.25) is 0 Å². The fourth-order valence-electron chi connectivity index (χ4n) is 3.46. The third kappa shape index (κ3) is 3.85. The van der Waals surface area contributed by atoms with Crippen LogP contribution in [0.5, 0.6) is 0 Å². The summed E-state index contributed by atoms with van der Waals surface area (Å²) in [4.78, 5) is 12.1. The van der Waals surface area contributed by atoms with Gasteiger partial charge in [0.15, 0.2) is 11.0 Å². The summed E-state index contributed by atoms with van der Waals surface area (Å²) in [5, 5.41) is 10.7. The van der Waals surface area contributed by atoms with Crippen molar-refractivity contribution in [2.75, 3.05) is 0 Å². The van der Waals surface area contributed by atoms with E-state index in [-0.39, 0.29) is 5.63 Å². The smallest absolute Gasteiger partial charge is 0.336 e. The van der Waals surface area contributed by atoms with Crippen LogP contribution in [0.3, 0.4) is 0 Å². The molecule has 0 atom stereocenters. The van der Waals surface area contributed by atoms with Crippen LogP contribution in [0, 0.1) is 6.92 Å². The summed E-state index contributed by atoms with van der Waals surface area (Å²) in [5.41, 5.74) is 4.69. The lowest BCUT2D eigenvalue weighted by Crippen LogP contribution is -2.02. The molecule has 2 aromatic carbocycles. The third-order valence-electron chi connectivity index (χ3n) is 5.08. The lowest BCUT2D eigenvalue weighted by Gasteiger charge is -2.10. The van der Waals surface area contributed by atoms with E-state index in [9.17, 15) is 4.79 Å². The van der Waals surface area contributed by atoms with E-state index in [0.29, 0.717) is 11.3 Å². The van der Waals surface area contributed by atoms with E-state index in [1.807, 2.05) is 24.3 Å². The molecule has 2 heterocycles. The Balaban J connectivity index is 1.67. The second-order valence-corrected chi connectivity index (χ2v) is 7.87. The molecule has 0 radical (unpaired) electrons. The normalized spacial score (nSPS) is 11.3. The molecule has 0 N–H and O–H groups in total. The van der Waals surface area contributed by atoms with Gasteiger partial charge in [-0.2, -0.15) is 0 Å². The molecule has 4 rings (SSSR count). The molecule has 0 saturated heterocycles. The number of thioether (sulfide) groups is 1. The van der Waals surface area contributed by atoms with Crippen molar-refractivity contribution in [3.8, 4) is 11.4 Å². The van der Waals surface area contributed by atoms with E-state index in [1.54, 1.807) is 17.8 Å². The van der Waals surface area contributed by atoms with Crippen LogP contribution in [0.4, 0.5) is 0 Å². The van der Waals surface area contributed by atoms with Crippen molar-refractivity contribution in [1.82, 2.24) is 14.8 Å². The average Bonchev–Trinajstić information content (AvgIpc) is 3.14. The highest BCUT2D eigenvalue weighted by Gasteiger charge is 2.15. The van der Waals surface area contributed by atoms with Crippen molar-refractivity contribution in [3.05, 3.63) is 75.6 Å². The first-order chi connectivity index (χ1) is 14.1. The van der Waals surface area contributed by atoms with Gasteiger partial charge < -0.3 is 8.98 Å². The van der Waals surface area contributed by atoms with Gasteiger partial charge in [0, 0.05) is 29.3 Å². The van der Waals surface area contributed by atoms with Crippen molar-refractivity contribution < 1.29 is 4.42 Å². The van der Waals surface area contributed by atoms with Crippen LogP contribution < -0.4 is 5.63 Å². The molecule has 0 saturated carbocycles. The summed E-state index contributed by atoms with van der Waals surface area (Å²) in [6.45, 7) is 7.03. The van der Waals surface area contributed by atoms with Gasteiger partial charge in [0.05, 0.1) is 0 Å². The summed E-state index contributed by atoms with van der Waals surface area (Å²) in [6.07, 6.45) is 0.903. The van der Waals surface area contributed by atoms with Crippen LogP contribution >= 0.6 is 11.8 Å². The fraction of sp³-hybridized carbons (Fsp3) is 0.261. The largest absolute Gasteiger partial charge is 0.423 e. The molecule has 5 nitrogen and oxygen atoms in total. The van der Waals surface area contributed by atoms with E-state index in [0.717, 1.165) is 46.0 Å². The minimum Gasteiger partial charge on any atom is -0.423 e. The van der Waals surface area contributed by atoms with Gasteiger partial charge in [-0.3, -0.25) is 0 Å². The Hall–Kier alpha value is -2.86. The molecule has 4 aromatic rings. The standard InChI is InChI=1S/C23H23N3O2S/c1-4-16-10-11-19-17(13-21(27)28-20(19)12-16)14-29-23-25-24-22(26(23)5-2)18-9-7-6-8-15(18)3/h6-13H,4-5,14H2,1-3H3. The molecule has 0 fully saturated rings. The van der Waals surface area contributed by atoms with Crippen LogP contribution in [0.15, 0.2) is 62.9 Å². The molecule has 0 amide bonds. The van der Waals surface area contributed by atoms with Crippen molar-refractivity contribution in [3.63, 3.8) is 0 Å². The van der Waals surface area contributed by atoms with Crippen LogP contribution in [-0.4, -0.2) is 14.8 Å². The zero-order chi connectivity index (χ0) is 20.4. The Kier molecular flexibility index (Phi) is 5.53. The maximum atomic E-state index is 12.1. The summed E-state index contributed by atoms with van der Waals surface area (Å²) >= 11 is 1.59. The minimum atomic E-state index is -0.320.